The maximum atomic E-state index is 11.9. The van der Waals surface area contributed by atoms with Crippen molar-refractivity contribution < 1.29 is 0 Å². The largest absolute Gasteiger partial charge is 0.303 e. The van der Waals surface area contributed by atoms with E-state index in [1.807, 2.05) is 0 Å². The van der Waals surface area contributed by atoms with E-state index in [1.54, 1.807) is 25.2 Å². The molecule has 0 spiro atoms. The molecule has 5 heteroatoms. The van der Waals surface area contributed by atoms with Crippen molar-refractivity contribution in [2.24, 2.45) is 0 Å². The molecule has 4 nitrogen and oxygen atoms in total. The maximum Gasteiger partial charge on any atom is 0.262 e. The highest BCUT2D eigenvalue weighted by Crippen LogP contribution is 2.13. The number of fused-ring (bicyclic) bond motifs is 1. The van der Waals surface area contributed by atoms with E-state index in [4.69, 9.17) is 11.6 Å². The summed E-state index contributed by atoms with van der Waals surface area (Å²) < 4.78 is 1.50. The van der Waals surface area contributed by atoms with Crippen LogP contribution in [0.2, 0.25) is 5.02 Å². The van der Waals surface area contributed by atoms with Gasteiger partial charge in [0.05, 0.1) is 23.9 Å². The summed E-state index contributed by atoms with van der Waals surface area (Å²) in [5, 5.41) is 3.98. The fourth-order valence-electron chi connectivity index (χ4n) is 1.41. The lowest BCUT2D eigenvalue weighted by Crippen LogP contribution is -2.26. The molecule has 1 heterocycles. The van der Waals surface area contributed by atoms with Gasteiger partial charge in [0.2, 0.25) is 0 Å². The molecule has 0 saturated heterocycles. The van der Waals surface area contributed by atoms with Crippen LogP contribution in [0.1, 0.15) is 0 Å². The third kappa shape index (κ3) is 1.86. The number of rotatable bonds is 2. The minimum absolute atomic E-state index is 0.0862. The van der Waals surface area contributed by atoms with Gasteiger partial charge in [0, 0.05) is 5.02 Å². The quantitative estimate of drug-likeness (QED) is 0.833. The molecular formula is C10H10ClN3O. The van der Waals surface area contributed by atoms with E-state index in [1.165, 1.54) is 10.9 Å². The van der Waals surface area contributed by atoms with Crippen LogP contribution in [0.3, 0.4) is 0 Å². The van der Waals surface area contributed by atoms with Gasteiger partial charge in [-0.3, -0.25) is 9.36 Å². The fraction of sp³-hybridized carbons (Fsp3) is 0.200. The first-order valence-electron chi connectivity index (χ1n) is 4.51. The Morgan fingerprint density at radius 3 is 3.07 bits per heavy atom. The molecular weight excluding hydrogens is 214 g/mol. The van der Waals surface area contributed by atoms with Gasteiger partial charge >= 0.3 is 0 Å². The first kappa shape index (κ1) is 10.1. The SMILES string of the molecule is CNCn1cnc2ccc(Cl)cc2c1=O. The van der Waals surface area contributed by atoms with Gasteiger partial charge in [-0.15, -0.1) is 0 Å². The zero-order chi connectivity index (χ0) is 10.8. The molecule has 0 bridgehead atoms. The smallest absolute Gasteiger partial charge is 0.262 e. The first-order chi connectivity index (χ1) is 7.22. The lowest BCUT2D eigenvalue weighted by atomic mass is 10.2. The summed E-state index contributed by atoms with van der Waals surface area (Å²) in [6, 6.07) is 5.10. The average molecular weight is 224 g/mol. The molecule has 1 N–H and O–H groups in total. The van der Waals surface area contributed by atoms with Crippen LogP contribution in [0.25, 0.3) is 10.9 Å². The number of nitrogens with one attached hydrogen (secondary N) is 1. The van der Waals surface area contributed by atoms with Crippen LogP contribution in [0, 0.1) is 0 Å². The predicted octanol–water partition coefficient (Wildman–Crippen LogP) is 1.23. The maximum absolute atomic E-state index is 11.9. The van der Waals surface area contributed by atoms with Crippen LogP contribution in [0.4, 0.5) is 0 Å². The van der Waals surface area contributed by atoms with E-state index in [9.17, 15) is 4.79 Å². The Kier molecular flexibility index (Phi) is 2.70. The molecule has 2 aromatic rings. The summed E-state index contributed by atoms with van der Waals surface area (Å²) in [4.78, 5) is 16.1. The Balaban J connectivity index is 2.71. The van der Waals surface area contributed by atoms with Gasteiger partial charge in [0.25, 0.3) is 5.56 Å². The topological polar surface area (TPSA) is 46.9 Å². The molecule has 0 fully saturated rings. The van der Waals surface area contributed by atoms with Gasteiger partial charge in [-0.25, -0.2) is 4.98 Å². The summed E-state index contributed by atoms with van der Waals surface area (Å²) >= 11 is 5.83. The van der Waals surface area contributed by atoms with Crippen LogP contribution in [-0.2, 0) is 6.67 Å². The van der Waals surface area contributed by atoms with E-state index in [-0.39, 0.29) is 5.56 Å². The molecule has 1 aromatic carbocycles. The summed E-state index contributed by atoms with van der Waals surface area (Å²) in [6.45, 7) is 0.439. The van der Waals surface area contributed by atoms with Crippen LogP contribution in [0.15, 0.2) is 29.3 Å². The molecule has 0 radical (unpaired) electrons. The molecule has 1 aromatic heterocycles. The number of halogens is 1. The standard InChI is InChI=1S/C10H10ClN3O/c1-12-5-14-6-13-9-3-2-7(11)4-8(9)10(14)15/h2-4,6,12H,5H2,1H3. The molecule has 0 amide bonds. The molecule has 0 aliphatic rings. The van der Waals surface area contributed by atoms with Crippen LogP contribution in [-0.4, -0.2) is 16.6 Å². The van der Waals surface area contributed by atoms with Crippen molar-refractivity contribution in [2.75, 3.05) is 7.05 Å². The third-order valence-corrected chi connectivity index (χ3v) is 2.35. The van der Waals surface area contributed by atoms with Crippen molar-refractivity contribution >= 4 is 22.5 Å². The Bertz CT molecular complexity index is 550. The second-order valence-corrected chi connectivity index (χ2v) is 3.63. The second-order valence-electron chi connectivity index (χ2n) is 3.19. The Labute approximate surface area is 91.5 Å². The summed E-state index contributed by atoms with van der Waals surface area (Å²) in [5.74, 6) is 0. The molecule has 0 unspecified atom stereocenters. The van der Waals surface area contributed by atoms with Gasteiger partial charge < -0.3 is 5.32 Å². The van der Waals surface area contributed by atoms with Crippen molar-refractivity contribution in [1.29, 1.82) is 0 Å². The number of hydrogen-bond acceptors (Lipinski definition) is 3. The summed E-state index contributed by atoms with van der Waals surface area (Å²) in [5.41, 5.74) is 0.577. The van der Waals surface area contributed by atoms with Crippen LogP contribution in [0.5, 0.6) is 0 Å². The number of hydrogen-bond donors (Lipinski definition) is 1. The first-order valence-corrected chi connectivity index (χ1v) is 4.89. The predicted molar refractivity (Wildman–Crippen MR) is 60.1 cm³/mol. The Morgan fingerprint density at radius 1 is 1.53 bits per heavy atom. The number of benzene rings is 1. The lowest BCUT2D eigenvalue weighted by molar-refractivity contribution is 0.593. The number of aromatic nitrogens is 2. The zero-order valence-corrected chi connectivity index (χ0v) is 8.95. The van der Waals surface area contributed by atoms with E-state index >= 15 is 0 Å². The van der Waals surface area contributed by atoms with Gasteiger partial charge in [0.1, 0.15) is 0 Å². The molecule has 78 valence electrons. The highest BCUT2D eigenvalue weighted by atomic mass is 35.5. The van der Waals surface area contributed by atoms with E-state index in [0.717, 1.165) is 0 Å². The van der Waals surface area contributed by atoms with Crippen LogP contribution >= 0.6 is 11.6 Å². The lowest BCUT2D eigenvalue weighted by Gasteiger charge is -2.05. The average Bonchev–Trinajstić information content (AvgIpc) is 2.23. The van der Waals surface area contributed by atoms with Crippen molar-refractivity contribution in [3.05, 3.63) is 39.9 Å². The van der Waals surface area contributed by atoms with Crippen molar-refractivity contribution in [3.8, 4) is 0 Å². The number of nitrogens with zero attached hydrogens (tertiary/aromatic N) is 2. The third-order valence-electron chi connectivity index (χ3n) is 2.11. The van der Waals surface area contributed by atoms with Crippen LogP contribution < -0.4 is 10.9 Å². The molecule has 0 saturated carbocycles. The molecule has 0 aliphatic carbocycles. The van der Waals surface area contributed by atoms with Gasteiger partial charge in [-0.2, -0.15) is 0 Å². The van der Waals surface area contributed by atoms with Crippen molar-refractivity contribution in [1.82, 2.24) is 14.9 Å². The molecule has 2 rings (SSSR count). The normalized spacial score (nSPS) is 10.8. The summed E-state index contributed by atoms with van der Waals surface area (Å²) in [6.07, 6.45) is 1.52. The molecule has 0 aliphatic heterocycles. The van der Waals surface area contributed by atoms with E-state index in [2.05, 4.69) is 10.3 Å². The summed E-state index contributed by atoms with van der Waals surface area (Å²) in [7, 11) is 1.77. The minimum Gasteiger partial charge on any atom is -0.303 e. The highest BCUT2D eigenvalue weighted by molar-refractivity contribution is 6.31. The van der Waals surface area contributed by atoms with Crippen molar-refractivity contribution in [2.45, 2.75) is 6.67 Å². The van der Waals surface area contributed by atoms with Gasteiger partial charge in [-0.05, 0) is 25.2 Å². The Morgan fingerprint density at radius 2 is 2.33 bits per heavy atom. The molecule has 15 heavy (non-hydrogen) atoms. The van der Waals surface area contributed by atoms with E-state index < -0.39 is 0 Å². The monoisotopic (exact) mass is 223 g/mol. The van der Waals surface area contributed by atoms with Crippen molar-refractivity contribution in [3.63, 3.8) is 0 Å². The van der Waals surface area contributed by atoms with E-state index in [0.29, 0.717) is 22.6 Å². The fourth-order valence-corrected chi connectivity index (χ4v) is 1.59. The van der Waals surface area contributed by atoms with Gasteiger partial charge in [0.15, 0.2) is 0 Å². The second kappa shape index (κ2) is 4.00. The minimum atomic E-state index is -0.0862. The highest BCUT2D eigenvalue weighted by Gasteiger charge is 2.03. The zero-order valence-electron chi connectivity index (χ0n) is 8.20. The Hall–Kier alpha value is -1.39. The molecule has 0 atom stereocenters. The van der Waals surface area contributed by atoms with Gasteiger partial charge in [-0.1, -0.05) is 11.6 Å².